The molecular formula is C29H27N5O2. The Hall–Kier alpha value is -4.67. The van der Waals surface area contributed by atoms with Gasteiger partial charge in [-0.2, -0.15) is 15.8 Å². The number of rotatable bonds is 9. The number of amides is 2. The third kappa shape index (κ3) is 5.19. The van der Waals surface area contributed by atoms with Crippen LogP contribution in [0.3, 0.4) is 0 Å². The molecular weight excluding hydrogens is 450 g/mol. The summed E-state index contributed by atoms with van der Waals surface area (Å²) in [4.78, 5) is 29.9. The molecule has 7 heteroatoms. The topological polar surface area (TPSA) is 112 Å². The van der Waals surface area contributed by atoms with Crippen LogP contribution in [-0.2, 0) is 4.79 Å². The van der Waals surface area contributed by atoms with E-state index < -0.39 is 17.4 Å². The van der Waals surface area contributed by atoms with Gasteiger partial charge in [-0.1, -0.05) is 57.0 Å². The van der Waals surface area contributed by atoms with Crippen LogP contribution in [0.1, 0.15) is 55.5 Å². The quantitative estimate of drug-likeness (QED) is 0.355. The van der Waals surface area contributed by atoms with Crippen molar-refractivity contribution in [2.75, 3.05) is 18.0 Å². The van der Waals surface area contributed by atoms with Crippen molar-refractivity contribution in [3.8, 4) is 18.2 Å². The van der Waals surface area contributed by atoms with E-state index in [9.17, 15) is 25.4 Å². The molecule has 180 valence electrons. The summed E-state index contributed by atoms with van der Waals surface area (Å²) in [6.45, 7) is 6.13. The standard InChI is InChI=1S/C29H27N5O2/c1-3-5-16-33(17-6-4-2)24-14-12-21(13-15-24)26-25(20-32)27(23(18-30)19-31)34(29(26)36)28(35)22-10-8-7-9-11-22/h7-15H,3-6,16-17H2,1-2H3. The molecule has 0 bridgehead atoms. The molecule has 0 radical (unpaired) electrons. The molecule has 0 fully saturated rings. The van der Waals surface area contributed by atoms with Crippen molar-refractivity contribution < 1.29 is 9.59 Å². The number of anilines is 1. The average molecular weight is 478 g/mol. The molecule has 3 rings (SSSR count). The first-order chi connectivity index (χ1) is 17.5. The highest BCUT2D eigenvalue weighted by molar-refractivity contribution is 6.31. The molecule has 7 nitrogen and oxygen atoms in total. The van der Waals surface area contributed by atoms with Gasteiger partial charge in [0.15, 0.2) is 5.57 Å². The maximum absolute atomic E-state index is 13.6. The normalized spacial score (nSPS) is 12.7. The van der Waals surface area contributed by atoms with E-state index in [2.05, 4.69) is 18.7 Å². The Bertz CT molecular complexity index is 1290. The van der Waals surface area contributed by atoms with Crippen LogP contribution >= 0.6 is 0 Å². The maximum atomic E-state index is 13.6. The molecule has 1 heterocycles. The van der Waals surface area contributed by atoms with Gasteiger partial charge in [0, 0.05) is 24.3 Å². The van der Waals surface area contributed by atoms with E-state index in [1.165, 1.54) is 12.1 Å². The Morgan fingerprint density at radius 2 is 1.47 bits per heavy atom. The van der Waals surface area contributed by atoms with Gasteiger partial charge in [-0.15, -0.1) is 0 Å². The molecule has 0 saturated heterocycles. The lowest BCUT2D eigenvalue weighted by atomic mass is 9.99. The van der Waals surface area contributed by atoms with Gasteiger partial charge in [-0.3, -0.25) is 9.59 Å². The highest BCUT2D eigenvalue weighted by Gasteiger charge is 2.42. The van der Waals surface area contributed by atoms with E-state index in [0.717, 1.165) is 49.4 Å². The molecule has 0 N–H and O–H groups in total. The van der Waals surface area contributed by atoms with Crippen LogP contribution < -0.4 is 4.90 Å². The number of hydrogen-bond acceptors (Lipinski definition) is 6. The maximum Gasteiger partial charge on any atom is 0.267 e. The number of carbonyl (C=O) groups is 2. The van der Waals surface area contributed by atoms with E-state index in [1.54, 1.807) is 42.5 Å². The van der Waals surface area contributed by atoms with Crippen LogP contribution in [0.15, 0.2) is 71.4 Å². The molecule has 2 aromatic carbocycles. The summed E-state index contributed by atoms with van der Waals surface area (Å²) in [6, 6.07) is 20.8. The molecule has 0 saturated carbocycles. The summed E-state index contributed by atoms with van der Waals surface area (Å²) < 4.78 is 0. The van der Waals surface area contributed by atoms with E-state index in [-0.39, 0.29) is 22.4 Å². The second-order valence-corrected chi connectivity index (χ2v) is 8.36. The zero-order valence-electron chi connectivity index (χ0n) is 20.5. The number of nitrogens with zero attached hydrogens (tertiary/aromatic N) is 5. The minimum atomic E-state index is -0.736. The SMILES string of the molecule is CCCCN(CCCC)c1ccc(C2=C(C#N)C(=C(C#N)C#N)N(C(=O)c3ccccc3)C2=O)cc1. The summed E-state index contributed by atoms with van der Waals surface area (Å²) in [7, 11) is 0. The van der Waals surface area contributed by atoms with Gasteiger partial charge in [0.25, 0.3) is 11.8 Å². The van der Waals surface area contributed by atoms with Gasteiger partial charge in [0.2, 0.25) is 0 Å². The van der Waals surface area contributed by atoms with Crippen LogP contribution in [0, 0.1) is 34.0 Å². The fourth-order valence-electron chi connectivity index (χ4n) is 4.11. The molecule has 0 unspecified atom stereocenters. The van der Waals surface area contributed by atoms with Crippen LogP contribution in [-0.4, -0.2) is 29.8 Å². The van der Waals surface area contributed by atoms with Gasteiger partial charge >= 0.3 is 0 Å². The lowest BCUT2D eigenvalue weighted by Crippen LogP contribution is -2.33. The highest BCUT2D eigenvalue weighted by Crippen LogP contribution is 2.38. The Kier molecular flexibility index (Phi) is 8.76. The second-order valence-electron chi connectivity index (χ2n) is 8.36. The Morgan fingerprint density at radius 1 is 0.889 bits per heavy atom. The molecule has 36 heavy (non-hydrogen) atoms. The van der Waals surface area contributed by atoms with Crippen molar-refractivity contribution >= 4 is 23.1 Å². The summed E-state index contributed by atoms with van der Waals surface area (Å²) in [5.74, 6) is -1.44. The first-order valence-corrected chi connectivity index (χ1v) is 12.0. The number of carbonyl (C=O) groups excluding carboxylic acids is 2. The number of imide groups is 1. The largest absolute Gasteiger partial charge is 0.372 e. The molecule has 1 aliphatic heterocycles. The van der Waals surface area contributed by atoms with E-state index in [4.69, 9.17) is 0 Å². The number of nitriles is 3. The summed E-state index contributed by atoms with van der Waals surface area (Å²) in [6.07, 6.45) is 4.27. The molecule has 0 spiro atoms. The zero-order chi connectivity index (χ0) is 26.1. The first kappa shape index (κ1) is 25.9. The number of hydrogen-bond donors (Lipinski definition) is 0. The smallest absolute Gasteiger partial charge is 0.267 e. The molecule has 2 amide bonds. The Balaban J connectivity index is 2.09. The number of benzene rings is 2. The summed E-state index contributed by atoms with van der Waals surface area (Å²) in [5, 5.41) is 29.0. The molecule has 2 aromatic rings. The minimum Gasteiger partial charge on any atom is -0.372 e. The van der Waals surface area contributed by atoms with Crippen molar-refractivity contribution in [1.29, 1.82) is 15.8 Å². The van der Waals surface area contributed by atoms with Crippen LogP contribution in [0.4, 0.5) is 5.69 Å². The van der Waals surface area contributed by atoms with Crippen LogP contribution in [0.25, 0.3) is 5.57 Å². The third-order valence-electron chi connectivity index (χ3n) is 6.01. The Labute approximate surface area is 211 Å². The lowest BCUT2D eigenvalue weighted by molar-refractivity contribution is -0.120. The van der Waals surface area contributed by atoms with Crippen molar-refractivity contribution in [3.63, 3.8) is 0 Å². The average Bonchev–Trinajstić information content (AvgIpc) is 3.21. The van der Waals surface area contributed by atoms with Gasteiger partial charge in [-0.25, -0.2) is 4.90 Å². The highest BCUT2D eigenvalue weighted by atomic mass is 16.2. The number of unbranched alkanes of at least 4 members (excludes halogenated alkanes) is 2. The third-order valence-corrected chi connectivity index (χ3v) is 6.01. The summed E-state index contributed by atoms with van der Waals surface area (Å²) in [5.41, 5.74) is 0.753. The van der Waals surface area contributed by atoms with E-state index >= 15 is 0 Å². The summed E-state index contributed by atoms with van der Waals surface area (Å²) >= 11 is 0. The van der Waals surface area contributed by atoms with Gasteiger partial charge in [0.05, 0.1) is 16.8 Å². The van der Waals surface area contributed by atoms with Gasteiger partial charge < -0.3 is 4.90 Å². The predicted octanol–water partition coefficient (Wildman–Crippen LogP) is 5.35. The Morgan fingerprint density at radius 3 is 1.97 bits per heavy atom. The minimum absolute atomic E-state index is 0.00000231. The zero-order valence-corrected chi connectivity index (χ0v) is 20.5. The van der Waals surface area contributed by atoms with Crippen LogP contribution in [0.2, 0.25) is 0 Å². The van der Waals surface area contributed by atoms with Crippen molar-refractivity contribution in [2.24, 2.45) is 0 Å². The van der Waals surface area contributed by atoms with Gasteiger partial charge in [-0.05, 0) is 42.7 Å². The van der Waals surface area contributed by atoms with Crippen LogP contribution in [0.5, 0.6) is 0 Å². The van der Waals surface area contributed by atoms with E-state index in [0.29, 0.717) is 5.56 Å². The van der Waals surface area contributed by atoms with Crippen molar-refractivity contribution in [2.45, 2.75) is 39.5 Å². The fourth-order valence-corrected chi connectivity index (χ4v) is 4.11. The molecule has 0 atom stereocenters. The van der Waals surface area contributed by atoms with E-state index in [1.807, 2.05) is 18.2 Å². The monoisotopic (exact) mass is 477 g/mol. The second kappa shape index (κ2) is 12.2. The molecule has 0 aromatic heterocycles. The van der Waals surface area contributed by atoms with Gasteiger partial charge in [0.1, 0.15) is 18.2 Å². The van der Waals surface area contributed by atoms with Crippen molar-refractivity contribution in [3.05, 3.63) is 82.6 Å². The van der Waals surface area contributed by atoms with Crippen molar-refractivity contribution in [1.82, 2.24) is 4.90 Å². The number of allylic oxidation sites excluding steroid dienone is 2. The molecule has 0 aliphatic carbocycles. The molecule has 1 aliphatic rings. The first-order valence-electron chi connectivity index (χ1n) is 12.0. The lowest BCUT2D eigenvalue weighted by Gasteiger charge is -2.25. The fraction of sp³-hybridized carbons (Fsp3) is 0.276. The predicted molar refractivity (Wildman–Crippen MR) is 137 cm³/mol.